The van der Waals surface area contributed by atoms with Crippen LogP contribution in [0.4, 0.5) is 13.2 Å². The SMILES string of the molecule is O=C(N1CC(C#Cc2ccc(Br)cn2)C1)C(F)(F)F. The van der Waals surface area contributed by atoms with Crippen molar-refractivity contribution in [1.29, 1.82) is 0 Å². The molecule has 1 aliphatic rings. The number of alkyl halides is 3. The number of hydrogen-bond donors (Lipinski definition) is 0. The van der Waals surface area contributed by atoms with E-state index in [9.17, 15) is 18.0 Å². The molecule has 19 heavy (non-hydrogen) atoms. The zero-order valence-electron chi connectivity index (χ0n) is 9.54. The van der Waals surface area contributed by atoms with Crippen LogP contribution in [0.15, 0.2) is 22.8 Å². The predicted molar refractivity (Wildman–Crippen MR) is 64.9 cm³/mol. The number of likely N-dealkylation sites (tertiary alicyclic amines) is 1. The Morgan fingerprint density at radius 3 is 2.63 bits per heavy atom. The van der Waals surface area contributed by atoms with Gasteiger partial charge in [0.15, 0.2) is 0 Å². The number of halogens is 4. The van der Waals surface area contributed by atoms with Crippen molar-refractivity contribution in [3.63, 3.8) is 0 Å². The molecule has 0 N–H and O–H groups in total. The normalized spacial score (nSPS) is 15.5. The Bertz CT molecular complexity index is 539. The zero-order chi connectivity index (χ0) is 14.0. The van der Waals surface area contributed by atoms with Gasteiger partial charge in [0.2, 0.25) is 0 Å². The van der Waals surface area contributed by atoms with Gasteiger partial charge in [0.05, 0.1) is 5.92 Å². The molecule has 0 aromatic carbocycles. The van der Waals surface area contributed by atoms with Crippen molar-refractivity contribution in [2.24, 2.45) is 5.92 Å². The Morgan fingerprint density at radius 1 is 1.42 bits per heavy atom. The summed E-state index contributed by atoms with van der Waals surface area (Å²) >= 11 is 3.23. The van der Waals surface area contributed by atoms with E-state index in [1.54, 1.807) is 18.3 Å². The van der Waals surface area contributed by atoms with Gasteiger partial charge >= 0.3 is 12.1 Å². The predicted octanol–water partition coefficient (Wildman–Crippen LogP) is 2.22. The minimum Gasteiger partial charge on any atom is -0.332 e. The number of rotatable bonds is 0. The molecule has 1 aliphatic heterocycles. The molecule has 0 aliphatic carbocycles. The molecule has 0 spiro atoms. The van der Waals surface area contributed by atoms with Crippen LogP contribution in [0.3, 0.4) is 0 Å². The van der Waals surface area contributed by atoms with Crippen LogP contribution in [-0.2, 0) is 4.79 Å². The molecule has 7 heteroatoms. The molecule has 100 valence electrons. The first-order valence-electron chi connectivity index (χ1n) is 5.35. The van der Waals surface area contributed by atoms with Crippen molar-refractivity contribution in [1.82, 2.24) is 9.88 Å². The van der Waals surface area contributed by atoms with Crippen LogP contribution in [0.5, 0.6) is 0 Å². The summed E-state index contributed by atoms with van der Waals surface area (Å²) in [4.78, 5) is 15.6. The van der Waals surface area contributed by atoms with E-state index in [2.05, 4.69) is 32.8 Å². The summed E-state index contributed by atoms with van der Waals surface area (Å²) in [6.07, 6.45) is -3.21. The minimum atomic E-state index is -4.80. The summed E-state index contributed by atoms with van der Waals surface area (Å²) < 4.78 is 37.1. The molecule has 1 saturated heterocycles. The average Bonchev–Trinajstić information content (AvgIpc) is 2.28. The van der Waals surface area contributed by atoms with Gasteiger partial charge in [-0.25, -0.2) is 4.98 Å². The van der Waals surface area contributed by atoms with Crippen molar-refractivity contribution in [3.8, 4) is 11.8 Å². The van der Waals surface area contributed by atoms with E-state index in [0.717, 1.165) is 9.37 Å². The summed E-state index contributed by atoms with van der Waals surface area (Å²) in [5, 5.41) is 0. The first-order valence-corrected chi connectivity index (χ1v) is 6.15. The van der Waals surface area contributed by atoms with Crippen molar-refractivity contribution >= 4 is 21.8 Å². The van der Waals surface area contributed by atoms with Crippen molar-refractivity contribution in [2.75, 3.05) is 13.1 Å². The van der Waals surface area contributed by atoms with Gasteiger partial charge in [-0.2, -0.15) is 13.2 Å². The fourth-order valence-electron chi connectivity index (χ4n) is 1.54. The van der Waals surface area contributed by atoms with Crippen LogP contribution in [0, 0.1) is 17.8 Å². The van der Waals surface area contributed by atoms with Gasteiger partial charge < -0.3 is 4.90 Å². The number of carbonyl (C=O) groups is 1. The number of pyridine rings is 1. The molecule has 0 atom stereocenters. The highest BCUT2D eigenvalue weighted by molar-refractivity contribution is 9.10. The molecule has 1 fully saturated rings. The standard InChI is InChI=1S/C12H8BrF3N2O/c13-9-2-4-10(17-5-9)3-1-8-6-18(7-8)11(19)12(14,15)16/h2,4-5,8H,6-7H2. The Morgan fingerprint density at radius 2 is 2.11 bits per heavy atom. The molecule has 0 bridgehead atoms. The average molecular weight is 333 g/mol. The van der Waals surface area contributed by atoms with E-state index in [1.165, 1.54) is 0 Å². The zero-order valence-corrected chi connectivity index (χ0v) is 11.1. The second kappa shape index (κ2) is 5.21. The van der Waals surface area contributed by atoms with Gasteiger partial charge in [-0.1, -0.05) is 5.92 Å². The minimum absolute atomic E-state index is 0.0157. The van der Waals surface area contributed by atoms with E-state index in [0.29, 0.717) is 5.69 Å². The lowest BCUT2D eigenvalue weighted by Crippen LogP contribution is -2.53. The molecule has 1 amide bonds. The topological polar surface area (TPSA) is 33.2 Å². The van der Waals surface area contributed by atoms with Crippen LogP contribution in [0.1, 0.15) is 5.69 Å². The molecule has 3 nitrogen and oxygen atoms in total. The largest absolute Gasteiger partial charge is 0.471 e. The smallest absolute Gasteiger partial charge is 0.332 e. The first-order chi connectivity index (χ1) is 8.86. The van der Waals surface area contributed by atoms with Crippen LogP contribution >= 0.6 is 15.9 Å². The lowest BCUT2D eigenvalue weighted by atomic mass is 10.0. The van der Waals surface area contributed by atoms with Gasteiger partial charge in [-0.15, -0.1) is 0 Å². The van der Waals surface area contributed by atoms with Gasteiger partial charge in [-0.3, -0.25) is 4.79 Å². The number of aromatic nitrogens is 1. The van der Waals surface area contributed by atoms with Gasteiger partial charge in [-0.05, 0) is 34.0 Å². The maximum absolute atomic E-state index is 12.1. The summed E-state index contributed by atoms with van der Waals surface area (Å²) in [7, 11) is 0. The van der Waals surface area contributed by atoms with Crippen molar-refractivity contribution < 1.29 is 18.0 Å². The molecule has 1 aromatic heterocycles. The number of amides is 1. The van der Waals surface area contributed by atoms with E-state index >= 15 is 0 Å². The van der Waals surface area contributed by atoms with E-state index in [1.807, 2.05) is 0 Å². The molecule has 0 radical (unpaired) electrons. The molecule has 1 aromatic rings. The fourth-order valence-corrected chi connectivity index (χ4v) is 1.78. The van der Waals surface area contributed by atoms with Crippen molar-refractivity contribution in [2.45, 2.75) is 6.18 Å². The Kier molecular flexibility index (Phi) is 3.80. The lowest BCUT2D eigenvalue weighted by Gasteiger charge is -2.36. The maximum Gasteiger partial charge on any atom is 0.471 e. The van der Waals surface area contributed by atoms with E-state index < -0.39 is 12.1 Å². The van der Waals surface area contributed by atoms with E-state index in [-0.39, 0.29) is 19.0 Å². The van der Waals surface area contributed by atoms with E-state index in [4.69, 9.17) is 0 Å². The summed E-state index contributed by atoms with van der Waals surface area (Å²) in [5.41, 5.74) is 0.545. The maximum atomic E-state index is 12.1. The van der Waals surface area contributed by atoms with Gasteiger partial charge in [0.25, 0.3) is 0 Å². The van der Waals surface area contributed by atoms with Gasteiger partial charge in [0.1, 0.15) is 5.69 Å². The van der Waals surface area contributed by atoms with Crippen LogP contribution in [0.25, 0.3) is 0 Å². The second-order valence-corrected chi connectivity index (χ2v) is 4.95. The Hall–Kier alpha value is -1.55. The third kappa shape index (κ3) is 3.47. The van der Waals surface area contributed by atoms with Crippen LogP contribution in [-0.4, -0.2) is 35.1 Å². The molecule has 2 heterocycles. The first kappa shape index (κ1) is 13.9. The monoisotopic (exact) mass is 332 g/mol. The third-order valence-corrected chi connectivity index (χ3v) is 3.01. The molecule has 0 unspecified atom stereocenters. The van der Waals surface area contributed by atoms with Crippen LogP contribution in [0.2, 0.25) is 0 Å². The second-order valence-electron chi connectivity index (χ2n) is 4.04. The third-order valence-electron chi connectivity index (χ3n) is 2.54. The highest BCUT2D eigenvalue weighted by Gasteiger charge is 2.46. The van der Waals surface area contributed by atoms with Gasteiger partial charge in [0, 0.05) is 23.8 Å². The fraction of sp³-hybridized carbons (Fsp3) is 0.333. The quantitative estimate of drug-likeness (QED) is 0.682. The lowest BCUT2D eigenvalue weighted by molar-refractivity contribution is -0.190. The molecule has 0 saturated carbocycles. The molecular weight excluding hydrogens is 325 g/mol. The Balaban J connectivity index is 1.89. The van der Waals surface area contributed by atoms with Crippen molar-refractivity contribution in [3.05, 3.63) is 28.5 Å². The summed E-state index contributed by atoms with van der Waals surface area (Å²) in [6.45, 7) is 0.0315. The number of hydrogen-bond acceptors (Lipinski definition) is 2. The molecular formula is C12H8BrF3N2O. The summed E-state index contributed by atoms with van der Waals surface area (Å²) in [6, 6.07) is 3.48. The highest BCUT2D eigenvalue weighted by Crippen LogP contribution is 2.24. The Labute approximate surface area is 115 Å². The number of nitrogens with zero attached hydrogens (tertiary/aromatic N) is 2. The van der Waals surface area contributed by atoms with Crippen LogP contribution < -0.4 is 0 Å². The number of carbonyl (C=O) groups excluding carboxylic acids is 1. The molecule has 2 rings (SSSR count). The summed E-state index contributed by atoms with van der Waals surface area (Å²) in [5.74, 6) is 3.55. The highest BCUT2D eigenvalue weighted by atomic mass is 79.9.